The fourth-order valence-corrected chi connectivity index (χ4v) is 10.4. The fourth-order valence-electron chi connectivity index (χ4n) is 10.4. The molecule has 1 atom stereocenters. The number of hydrogen-bond acceptors (Lipinski definition) is 6. The van der Waals surface area contributed by atoms with Gasteiger partial charge in [-0.05, 0) is 77.0 Å². The smallest absolute Gasteiger partial charge is 0.306 e. The van der Waals surface area contributed by atoms with Crippen LogP contribution in [0, 0.1) is 0 Å². The van der Waals surface area contributed by atoms with Crippen molar-refractivity contribution in [2.45, 2.75) is 386 Å². The largest absolute Gasteiger partial charge is 0.462 e. The van der Waals surface area contributed by atoms with Crippen molar-refractivity contribution in [3.63, 3.8) is 0 Å². The van der Waals surface area contributed by atoms with Crippen molar-refractivity contribution in [3.05, 3.63) is 36.5 Å². The summed E-state index contributed by atoms with van der Waals surface area (Å²) in [5.74, 6) is -0.857. The predicted molar refractivity (Wildman–Crippen MR) is 335 cm³/mol. The molecule has 0 heterocycles. The molecule has 0 aromatic rings. The van der Waals surface area contributed by atoms with Gasteiger partial charge in [0.2, 0.25) is 0 Å². The number of hydrogen-bond donors (Lipinski definition) is 0. The first-order valence-electron chi connectivity index (χ1n) is 34.5. The van der Waals surface area contributed by atoms with Crippen molar-refractivity contribution >= 4 is 17.9 Å². The highest BCUT2D eigenvalue weighted by atomic mass is 16.6. The lowest BCUT2D eigenvalue weighted by atomic mass is 10.0. The molecule has 6 nitrogen and oxygen atoms in total. The molecular formula is C71H132O6. The summed E-state index contributed by atoms with van der Waals surface area (Å²) in [7, 11) is 0. The van der Waals surface area contributed by atoms with E-state index in [-0.39, 0.29) is 31.1 Å². The highest BCUT2D eigenvalue weighted by Gasteiger charge is 2.19. The molecule has 1 unspecified atom stereocenters. The van der Waals surface area contributed by atoms with Crippen LogP contribution in [0.4, 0.5) is 0 Å². The average Bonchev–Trinajstić information content (AvgIpc) is 3.43. The summed E-state index contributed by atoms with van der Waals surface area (Å²) in [4.78, 5) is 38.4. The molecule has 0 fully saturated rings. The van der Waals surface area contributed by atoms with Gasteiger partial charge in [-0.3, -0.25) is 14.4 Å². The minimum absolute atomic E-state index is 0.0719. The highest BCUT2D eigenvalue weighted by Crippen LogP contribution is 2.18. The molecule has 6 heteroatoms. The summed E-state index contributed by atoms with van der Waals surface area (Å²) < 4.78 is 17.0. The lowest BCUT2D eigenvalue weighted by molar-refractivity contribution is -0.167. The number of carbonyl (C=O) groups is 3. The molecule has 0 saturated carbocycles. The molecule has 452 valence electrons. The van der Waals surface area contributed by atoms with Gasteiger partial charge >= 0.3 is 17.9 Å². The summed E-state index contributed by atoms with van der Waals surface area (Å²) in [6.07, 6.45) is 81.6. The van der Waals surface area contributed by atoms with Gasteiger partial charge in [0, 0.05) is 19.3 Å². The Labute approximate surface area is 480 Å². The van der Waals surface area contributed by atoms with Crippen LogP contribution in [0.25, 0.3) is 0 Å². The quantitative estimate of drug-likeness (QED) is 0.0261. The zero-order valence-electron chi connectivity index (χ0n) is 52.0. The van der Waals surface area contributed by atoms with E-state index in [9.17, 15) is 14.4 Å². The van der Waals surface area contributed by atoms with E-state index in [0.29, 0.717) is 19.3 Å². The number of carbonyl (C=O) groups excluding carboxylic acids is 3. The van der Waals surface area contributed by atoms with Gasteiger partial charge in [-0.1, -0.05) is 320 Å². The molecule has 0 aromatic carbocycles. The van der Waals surface area contributed by atoms with Crippen molar-refractivity contribution in [1.82, 2.24) is 0 Å². The van der Waals surface area contributed by atoms with Crippen LogP contribution in [0.1, 0.15) is 380 Å². The Kier molecular flexibility index (Phi) is 64.1. The van der Waals surface area contributed by atoms with Gasteiger partial charge in [-0.2, -0.15) is 0 Å². The van der Waals surface area contributed by atoms with Crippen molar-refractivity contribution < 1.29 is 28.6 Å². The Balaban J connectivity index is 4.29. The van der Waals surface area contributed by atoms with Gasteiger partial charge in [0.25, 0.3) is 0 Å². The second-order valence-corrected chi connectivity index (χ2v) is 23.4. The molecule has 0 saturated heterocycles. The Hall–Kier alpha value is -2.37. The maximum atomic E-state index is 12.9. The maximum Gasteiger partial charge on any atom is 0.306 e. The molecular weight excluding hydrogens is 949 g/mol. The van der Waals surface area contributed by atoms with Gasteiger partial charge in [0.1, 0.15) is 13.2 Å². The van der Waals surface area contributed by atoms with Crippen molar-refractivity contribution in [3.8, 4) is 0 Å². The number of allylic oxidation sites excluding steroid dienone is 6. The van der Waals surface area contributed by atoms with Crippen LogP contribution in [-0.4, -0.2) is 37.2 Å². The first kappa shape index (κ1) is 74.6. The van der Waals surface area contributed by atoms with E-state index in [0.717, 1.165) is 70.6 Å². The minimum Gasteiger partial charge on any atom is -0.462 e. The second-order valence-electron chi connectivity index (χ2n) is 23.4. The van der Waals surface area contributed by atoms with Gasteiger partial charge < -0.3 is 14.2 Å². The molecule has 0 spiro atoms. The molecule has 0 aliphatic rings. The average molecular weight is 1080 g/mol. The van der Waals surface area contributed by atoms with E-state index < -0.39 is 6.10 Å². The molecule has 0 aliphatic carbocycles. The van der Waals surface area contributed by atoms with Crippen molar-refractivity contribution in [2.75, 3.05) is 13.2 Å². The highest BCUT2D eigenvalue weighted by molar-refractivity contribution is 5.71. The molecule has 0 radical (unpaired) electrons. The third kappa shape index (κ3) is 64.3. The van der Waals surface area contributed by atoms with E-state index in [2.05, 4.69) is 57.2 Å². The van der Waals surface area contributed by atoms with Crippen LogP contribution < -0.4 is 0 Å². The van der Waals surface area contributed by atoms with Gasteiger partial charge in [-0.15, -0.1) is 0 Å². The Bertz CT molecular complexity index is 1290. The zero-order chi connectivity index (χ0) is 55.7. The first-order chi connectivity index (χ1) is 38.0. The normalized spacial score (nSPS) is 12.2. The van der Waals surface area contributed by atoms with Gasteiger partial charge in [0.05, 0.1) is 0 Å². The van der Waals surface area contributed by atoms with Crippen LogP contribution in [0.5, 0.6) is 0 Å². The zero-order valence-corrected chi connectivity index (χ0v) is 52.0. The minimum atomic E-state index is -0.777. The fraction of sp³-hybridized carbons (Fsp3) is 0.873. The summed E-state index contributed by atoms with van der Waals surface area (Å²) in [5, 5.41) is 0. The molecule has 0 aromatic heterocycles. The van der Waals surface area contributed by atoms with Gasteiger partial charge in [-0.25, -0.2) is 0 Å². The molecule has 0 rings (SSSR count). The van der Waals surface area contributed by atoms with Crippen LogP contribution >= 0.6 is 0 Å². The third-order valence-corrected chi connectivity index (χ3v) is 15.6. The van der Waals surface area contributed by atoms with Crippen LogP contribution in [-0.2, 0) is 28.6 Å². The van der Waals surface area contributed by atoms with Gasteiger partial charge in [0.15, 0.2) is 6.10 Å². The summed E-state index contributed by atoms with van der Waals surface area (Å²) in [6, 6.07) is 0. The molecule has 0 N–H and O–H groups in total. The standard InChI is InChI=1S/C71H132O6/c1-4-7-10-13-16-19-22-25-28-31-33-34-35-36-37-38-41-43-46-49-52-55-58-61-64-70(73)76-67-68(66-75-69(72)63-60-57-54-51-48-45-42-39-30-27-24-21-18-15-12-9-6-3)77-71(74)65-62-59-56-53-50-47-44-40-32-29-26-23-20-17-14-11-8-5-2/h18,21,27,29-30,32,68H,4-17,19-20,22-26,28,31,33-67H2,1-3H3/b21-18-,30-27-,32-29-. The molecule has 0 aliphatic heterocycles. The third-order valence-electron chi connectivity index (χ3n) is 15.6. The first-order valence-corrected chi connectivity index (χ1v) is 34.5. The van der Waals surface area contributed by atoms with Crippen LogP contribution in [0.2, 0.25) is 0 Å². The summed E-state index contributed by atoms with van der Waals surface area (Å²) in [6.45, 7) is 6.68. The molecule has 77 heavy (non-hydrogen) atoms. The summed E-state index contributed by atoms with van der Waals surface area (Å²) >= 11 is 0. The van der Waals surface area contributed by atoms with E-state index in [1.165, 1.54) is 270 Å². The van der Waals surface area contributed by atoms with Crippen molar-refractivity contribution in [2.24, 2.45) is 0 Å². The predicted octanol–water partition coefficient (Wildman–Crippen LogP) is 23.6. The number of ether oxygens (including phenoxy) is 3. The van der Waals surface area contributed by atoms with E-state index in [1.807, 2.05) is 0 Å². The molecule has 0 bridgehead atoms. The van der Waals surface area contributed by atoms with Crippen LogP contribution in [0.15, 0.2) is 36.5 Å². The second kappa shape index (κ2) is 66.1. The topological polar surface area (TPSA) is 78.9 Å². The number of esters is 3. The SMILES string of the molecule is CCCCC/C=C\C/C=C\CCCCCCCCCC(=O)OCC(COC(=O)CCCCCCCCCCCCCCCCCCCCCCCCCC)OC(=O)CCCCCCCCC/C=C\CCCCCCCCC. The Morgan fingerprint density at radius 2 is 0.468 bits per heavy atom. The number of unbranched alkanes of at least 4 members (excludes halogenated alkanes) is 47. The van der Waals surface area contributed by atoms with Crippen molar-refractivity contribution in [1.29, 1.82) is 0 Å². The number of rotatable bonds is 64. The van der Waals surface area contributed by atoms with E-state index in [1.54, 1.807) is 0 Å². The van der Waals surface area contributed by atoms with E-state index in [4.69, 9.17) is 14.2 Å². The molecule has 0 amide bonds. The summed E-state index contributed by atoms with van der Waals surface area (Å²) in [5.41, 5.74) is 0. The van der Waals surface area contributed by atoms with E-state index >= 15 is 0 Å². The lowest BCUT2D eigenvalue weighted by Crippen LogP contribution is -2.30. The van der Waals surface area contributed by atoms with Crippen LogP contribution in [0.3, 0.4) is 0 Å². The maximum absolute atomic E-state index is 12.9. The Morgan fingerprint density at radius 3 is 0.753 bits per heavy atom. The monoisotopic (exact) mass is 1080 g/mol. The lowest BCUT2D eigenvalue weighted by Gasteiger charge is -2.18. The Morgan fingerprint density at radius 1 is 0.260 bits per heavy atom.